The highest BCUT2D eigenvalue weighted by Gasteiger charge is 2.10. The van der Waals surface area contributed by atoms with E-state index in [4.69, 9.17) is 0 Å². The van der Waals surface area contributed by atoms with Crippen LogP contribution in [0.5, 0.6) is 0 Å². The maximum atomic E-state index is 13.4. The Balaban J connectivity index is 2.65. The van der Waals surface area contributed by atoms with Crippen molar-refractivity contribution in [3.63, 3.8) is 0 Å². The molecule has 0 aromatic heterocycles. The summed E-state index contributed by atoms with van der Waals surface area (Å²) in [5.41, 5.74) is 0.454. The fraction of sp³-hybridized carbons (Fsp3) is 0.538. The van der Waals surface area contributed by atoms with Gasteiger partial charge in [-0.1, -0.05) is 19.8 Å². The summed E-state index contributed by atoms with van der Waals surface area (Å²) in [5.74, 6) is -0.695. The summed E-state index contributed by atoms with van der Waals surface area (Å²) in [4.78, 5) is 0. The standard InChI is InChI=1S/C13H19F2N/c1-3-4-5-12(16-2)9-10-8-11(14)6-7-13(10)15/h6-8,12,16H,3-5,9H2,1-2H3. The van der Waals surface area contributed by atoms with Crippen molar-refractivity contribution in [3.05, 3.63) is 35.4 Å². The number of unbranched alkanes of at least 4 members (excludes halogenated alkanes) is 1. The zero-order valence-electron chi connectivity index (χ0n) is 9.89. The Morgan fingerprint density at radius 2 is 2.06 bits per heavy atom. The molecule has 1 N–H and O–H groups in total. The lowest BCUT2D eigenvalue weighted by Gasteiger charge is -2.16. The molecule has 0 radical (unpaired) electrons. The van der Waals surface area contributed by atoms with Crippen LogP contribution in [-0.2, 0) is 6.42 Å². The average molecular weight is 227 g/mol. The third-order valence-corrected chi connectivity index (χ3v) is 2.79. The van der Waals surface area contributed by atoms with Crippen molar-refractivity contribution in [1.29, 1.82) is 0 Å². The summed E-state index contributed by atoms with van der Waals surface area (Å²) >= 11 is 0. The third kappa shape index (κ3) is 3.89. The van der Waals surface area contributed by atoms with E-state index < -0.39 is 0 Å². The average Bonchev–Trinajstić information content (AvgIpc) is 2.28. The van der Waals surface area contributed by atoms with Gasteiger partial charge < -0.3 is 5.32 Å². The van der Waals surface area contributed by atoms with Gasteiger partial charge in [0.05, 0.1) is 0 Å². The van der Waals surface area contributed by atoms with Gasteiger partial charge in [-0.2, -0.15) is 0 Å². The quantitative estimate of drug-likeness (QED) is 0.786. The van der Waals surface area contributed by atoms with Crippen molar-refractivity contribution in [2.45, 2.75) is 38.6 Å². The predicted molar refractivity (Wildman–Crippen MR) is 62.4 cm³/mol. The molecule has 1 aromatic rings. The second kappa shape index (κ2) is 6.59. The summed E-state index contributed by atoms with van der Waals surface area (Å²) in [6.07, 6.45) is 3.75. The van der Waals surface area contributed by atoms with Crippen LogP contribution < -0.4 is 5.32 Å². The number of halogens is 2. The molecule has 1 atom stereocenters. The molecular weight excluding hydrogens is 208 g/mol. The first kappa shape index (κ1) is 13.1. The molecule has 16 heavy (non-hydrogen) atoms. The second-order valence-electron chi connectivity index (χ2n) is 4.07. The van der Waals surface area contributed by atoms with Gasteiger partial charge in [0.15, 0.2) is 0 Å². The lowest BCUT2D eigenvalue weighted by Crippen LogP contribution is -2.27. The van der Waals surface area contributed by atoms with Gasteiger partial charge in [-0.15, -0.1) is 0 Å². The number of hydrogen-bond acceptors (Lipinski definition) is 1. The van der Waals surface area contributed by atoms with Gasteiger partial charge in [0.2, 0.25) is 0 Å². The highest BCUT2D eigenvalue weighted by molar-refractivity contribution is 5.19. The maximum absolute atomic E-state index is 13.4. The zero-order chi connectivity index (χ0) is 12.0. The van der Waals surface area contributed by atoms with E-state index in [1.807, 2.05) is 7.05 Å². The van der Waals surface area contributed by atoms with Crippen molar-refractivity contribution in [2.75, 3.05) is 7.05 Å². The molecule has 0 spiro atoms. The Kier molecular flexibility index (Phi) is 5.39. The summed E-state index contributed by atoms with van der Waals surface area (Å²) in [7, 11) is 1.86. The van der Waals surface area contributed by atoms with Crippen molar-refractivity contribution in [3.8, 4) is 0 Å². The van der Waals surface area contributed by atoms with Crippen LogP contribution in [0, 0.1) is 11.6 Å². The highest BCUT2D eigenvalue weighted by Crippen LogP contribution is 2.14. The molecule has 3 heteroatoms. The Morgan fingerprint density at radius 3 is 2.69 bits per heavy atom. The Labute approximate surface area is 95.9 Å². The number of hydrogen-bond donors (Lipinski definition) is 1. The van der Waals surface area contributed by atoms with E-state index in [0.29, 0.717) is 12.0 Å². The maximum Gasteiger partial charge on any atom is 0.126 e. The minimum atomic E-state index is -0.373. The van der Waals surface area contributed by atoms with E-state index in [2.05, 4.69) is 12.2 Å². The molecule has 0 aliphatic carbocycles. The molecule has 0 amide bonds. The van der Waals surface area contributed by atoms with Crippen molar-refractivity contribution >= 4 is 0 Å². The van der Waals surface area contributed by atoms with E-state index in [-0.39, 0.29) is 17.7 Å². The summed E-state index contributed by atoms with van der Waals surface area (Å²) in [5, 5.41) is 3.14. The summed E-state index contributed by atoms with van der Waals surface area (Å²) < 4.78 is 26.4. The molecule has 0 saturated carbocycles. The first-order valence-corrected chi connectivity index (χ1v) is 5.78. The van der Waals surface area contributed by atoms with E-state index in [1.54, 1.807) is 0 Å². The molecule has 0 aliphatic heterocycles. The van der Waals surface area contributed by atoms with Crippen LogP contribution >= 0.6 is 0 Å². The highest BCUT2D eigenvalue weighted by atomic mass is 19.1. The largest absolute Gasteiger partial charge is 0.317 e. The van der Waals surface area contributed by atoms with Gasteiger partial charge in [-0.05, 0) is 43.7 Å². The molecule has 90 valence electrons. The Bertz CT molecular complexity index is 326. The topological polar surface area (TPSA) is 12.0 Å². The molecule has 1 unspecified atom stereocenters. The third-order valence-electron chi connectivity index (χ3n) is 2.79. The first-order valence-electron chi connectivity index (χ1n) is 5.78. The van der Waals surface area contributed by atoms with Gasteiger partial charge in [-0.25, -0.2) is 8.78 Å². The van der Waals surface area contributed by atoms with Crippen LogP contribution in [0.15, 0.2) is 18.2 Å². The number of rotatable bonds is 6. The van der Waals surface area contributed by atoms with Crippen LogP contribution in [0.3, 0.4) is 0 Å². The van der Waals surface area contributed by atoms with Gasteiger partial charge in [0.1, 0.15) is 11.6 Å². The Hall–Kier alpha value is -0.960. The number of nitrogens with one attached hydrogen (secondary N) is 1. The van der Waals surface area contributed by atoms with Crippen LogP contribution in [0.4, 0.5) is 8.78 Å². The van der Waals surface area contributed by atoms with E-state index >= 15 is 0 Å². The van der Waals surface area contributed by atoms with Crippen LogP contribution in [0.2, 0.25) is 0 Å². The zero-order valence-corrected chi connectivity index (χ0v) is 9.89. The van der Waals surface area contributed by atoms with Crippen LogP contribution in [0.1, 0.15) is 31.7 Å². The normalized spacial score (nSPS) is 12.8. The van der Waals surface area contributed by atoms with Crippen LogP contribution in [-0.4, -0.2) is 13.1 Å². The van der Waals surface area contributed by atoms with Crippen LogP contribution in [0.25, 0.3) is 0 Å². The van der Waals surface area contributed by atoms with Gasteiger partial charge >= 0.3 is 0 Å². The van der Waals surface area contributed by atoms with E-state index in [9.17, 15) is 8.78 Å². The minimum absolute atomic E-state index is 0.219. The Morgan fingerprint density at radius 1 is 1.31 bits per heavy atom. The molecule has 0 bridgehead atoms. The first-order chi connectivity index (χ1) is 7.67. The molecule has 0 aliphatic rings. The number of benzene rings is 1. The fourth-order valence-electron chi connectivity index (χ4n) is 1.76. The summed E-state index contributed by atoms with van der Waals surface area (Å²) in [6, 6.07) is 3.85. The second-order valence-corrected chi connectivity index (χ2v) is 4.07. The monoisotopic (exact) mass is 227 g/mol. The molecule has 0 saturated heterocycles. The molecule has 1 aromatic carbocycles. The van der Waals surface area contributed by atoms with Gasteiger partial charge in [0.25, 0.3) is 0 Å². The smallest absolute Gasteiger partial charge is 0.126 e. The predicted octanol–water partition coefficient (Wildman–Crippen LogP) is 3.29. The fourth-order valence-corrected chi connectivity index (χ4v) is 1.76. The summed E-state index contributed by atoms with van der Waals surface area (Å²) in [6.45, 7) is 2.12. The van der Waals surface area contributed by atoms with Crippen molar-refractivity contribution in [1.82, 2.24) is 5.32 Å². The molecule has 0 fully saturated rings. The molecular formula is C13H19F2N. The van der Waals surface area contributed by atoms with E-state index in [1.165, 1.54) is 12.1 Å². The SMILES string of the molecule is CCCCC(Cc1cc(F)ccc1F)NC. The molecule has 0 heterocycles. The number of likely N-dealkylation sites (N-methyl/N-ethyl adjacent to an activating group) is 1. The minimum Gasteiger partial charge on any atom is -0.317 e. The van der Waals surface area contributed by atoms with E-state index in [0.717, 1.165) is 25.3 Å². The molecule has 1 rings (SSSR count). The van der Waals surface area contributed by atoms with Gasteiger partial charge in [0, 0.05) is 6.04 Å². The lowest BCUT2D eigenvalue weighted by atomic mass is 10.0. The van der Waals surface area contributed by atoms with Gasteiger partial charge in [-0.3, -0.25) is 0 Å². The molecule has 1 nitrogen and oxygen atoms in total. The lowest BCUT2D eigenvalue weighted by molar-refractivity contribution is 0.484. The van der Waals surface area contributed by atoms with Crippen molar-refractivity contribution in [2.24, 2.45) is 0 Å². The van der Waals surface area contributed by atoms with Crippen molar-refractivity contribution < 1.29 is 8.78 Å².